The van der Waals surface area contributed by atoms with Crippen LogP contribution in [0.25, 0.3) is 0 Å². The highest BCUT2D eigenvalue weighted by atomic mass is 32.2. The second kappa shape index (κ2) is 6.93. The number of aliphatic hydroxyl groups is 1. The lowest BCUT2D eigenvalue weighted by molar-refractivity contribution is 0.0507. The van der Waals surface area contributed by atoms with Crippen LogP contribution in [-0.4, -0.2) is 23.2 Å². The van der Waals surface area contributed by atoms with Crippen molar-refractivity contribution in [3.63, 3.8) is 0 Å². The zero-order valence-corrected chi connectivity index (χ0v) is 12.5. The monoisotopic (exact) mass is 287 g/mol. The van der Waals surface area contributed by atoms with E-state index < -0.39 is 5.60 Å². The minimum Gasteiger partial charge on any atom is -0.379 e. The van der Waals surface area contributed by atoms with Gasteiger partial charge in [0.1, 0.15) is 5.60 Å². The third-order valence-corrected chi connectivity index (χ3v) is 4.24. The van der Waals surface area contributed by atoms with Gasteiger partial charge < -0.3 is 10.8 Å². The molecule has 0 saturated heterocycles. The van der Waals surface area contributed by atoms with E-state index in [4.69, 9.17) is 5.73 Å². The molecule has 3 N–H and O–H groups in total. The van der Waals surface area contributed by atoms with E-state index in [2.05, 4.69) is 6.26 Å². The Morgan fingerprint density at radius 2 is 1.45 bits per heavy atom. The van der Waals surface area contributed by atoms with Crippen molar-refractivity contribution in [3.8, 4) is 0 Å². The third-order valence-electron chi connectivity index (χ3n) is 3.60. The Morgan fingerprint density at radius 1 is 1.00 bits per heavy atom. The van der Waals surface area contributed by atoms with E-state index in [1.807, 2.05) is 60.7 Å². The number of thioether (sulfide) groups is 1. The van der Waals surface area contributed by atoms with Crippen molar-refractivity contribution >= 4 is 11.8 Å². The van der Waals surface area contributed by atoms with Crippen LogP contribution >= 0.6 is 11.8 Å². The molecule has 0 aliphatic heterocycles. The lowest BCUT2D eigenvalue weighted by atomic mass is 9.79. The predicted octanol–water partition coefficient (Wildman–Crippen LogP) is 3.00. The van der Waals surface area contributed by atoms with Gasteiger partial charge in [-0.15, -0.1) is 0 Å². The molecule has 0 radical (unpaired) electrons. The van der Waals surface area contributed by atoms with Gasteiger partial charge in [0.25, 0.3) is 0 Å². The van der Waals surface area contributed by atoms with Crippen LogP contribution < -0.4 is 5.73 Å². The molecule has 1 unspecified atom stereocenters. The Kier molecular flexibility index (Phi) is 5.24. The summed E-state index contributed by atoms with van der Waals surface area (Å²) >= 11 is 1.75. The molecule has 0 aliphatic rings. The van der Waals surface area contributed by atoms with Crippen LogP contribution in [-0.2, 0) is 5.60 Å². The third kappa shape index (κ3) is 3.06. The Bertz CT molecular complexity index is 476. The molecule has 0 fully saturated rings. The van der Waals surface area contributed by atoms with Crippen LogP contribution in [0.1, 0.15) is 17.5 Å². The van der Waals surface area contributed by atoms with E-state index in [1.165, 1.54) is 0 Å². The summed E-state index contributed by atoms with van der Waals surface area (Å²) in [5, 5.41) is 11.3. The molecule has 0 saturated carbocycles. The Hall–Kier alpha value is -1.29. The van der Waals surface area contributed by atoms with E-state index in [0.717, 1.165) is 23.3 Å². The summed E-state index contributed by atoms with van der Waals surface area (Å²) < 4.78 is 0. The second-order valence-corrected chi connectivity index (χ2v) is 5.87. The maximum atomic E-state index is 11.3. The summed E-state index contributed by atoms with van der Waals surface area (Å²) in [4.78, 5) is 0. The molecule has 2 aromatic rings. The first-order chi connectivity index (χ1) is 9.69. The van der Waals surface area contributed by atoms with Gasteiger partial charge in [-0.05, 0) is 29.6 Å². The van der Waals surface area contributed by atoms with E-state index in [0.29, 0.717) is 0 Å². The molecule has 0 aromatic heterocycles. The van der Waals surface area contributed by atoms with Crippen molar-refractivity contribution in [1.29, 1.82) is 0 Å². The molecule has 0 amide bonds. The summed E-state index contributed by atoms with van der Waals surface area (Å²) in [7, 11) is 0. The smallest absolute Gasteiger partial charge is 0.130 e. The molecule has 2 rings (SSSR count). The number of nitrogens with two attached hydrogens (primary N) is 1. The second-order valence-electron chi connectivity index (χ2n) is 4.89. The molecular formula is C17H21NOS. The van der Waals surface area contributed by atoms with Gasteiger partial charge in [-0.1, -0.05) is 60.7 Å². The molecule has 0 spiro atoms. The highest BCUT2D eigenvalue weighted by Gasteiger charge is 2.37. The minimum atomic E-state index is -1.14. The zero-order valence-electron chi connectivity index (χ0n) is 11.7. The van der Waals surface area contributed by atoms with E-state index in [1.54, 1.807) is 11.8 Å². The largest absolute Gasteiger partial charge is 0.379 e. The van der Waals surface area contributed by atoms with Gasteiger partial charge in [-0.3, -0.25) is 0 Å². The van der Waals surface area contributed by atoms with Crippen LogP contribution in [0.5, 0.6) is 0 Å². The van der Waals surface area contributed by atoms with Gasteiger partial charge in [0, 0.05) is 6.04 Å². The fourth-order valence-corrected chi connectivity index (χ4v) is 2.92. The molecule has 20 heavy (non-hydrogen) atoms. The van der Waals surface area contributed by atoms with Crippen molar-refractivity contribution < 1.29 is 5.11 Å². The summed E-state index contributed by atoms with van der Waals surface area (Å²) in [5.41, 5.74) is 6.89. The lowest BCUT2D eigenvalue weighted by Crippen LogP contribution is -2.46. The Labute approximate surface area is 125 Å². The molecular weight excluding hydrogens is 266 g/mol. The summed E-state index contributed by atoms with van der Waals surface area (Å²) in [6.07, 6.45) is 2.82. The fraction of sp³-hybridized carbons (Fsp3) is 0.294. The summed E-state index contributed by atoms with van der Waals surface area (Å²) in [6.45, 7) is 0. The average molecular weight is 287 g/mol. The topological polar surface area (TPSA) is 46.2 Å². The van der Waals surface area contributed by atoms with Gasteiger partial charge in [-0.25, -0.2) is 0 Å². The van der Waals surface area contributed by atoms with Crippen molar-refractivity contribution in [1.82, 2.24) is 0 Å². The molecule has 106 valence electrons. The Morgan fingerprint density at radius 3 is 1.85 bits per heavy atom. The maximum Gasteiger partial charge on any atom is 0.130 e. The summed E-state index contributed by atoms with van der Waals surface area (Å²) in [5.74, 6) is 0.934. The van der Waals surface area contributed by atoms with Crippen LogP contribution in [0, 0.1) is 0 Å². The molecule has 3 heteroatoms. The van der Waals surface area contributed by atoms with Gasteiger partial charge in [0.05, 0.1) is 0 Å². The van der Waals surface area contributed by atoms with Crippen LogP contribution in [0.15, 0.2) is 60.7 Å². The zero-order chi connectivity index (χ0) is 14.4. The standard InChI is InChI=1S/C17H21NOS/c1-20-13-12-16(18)17(19,14-8-4-2-5-9-14)15-10-6-3-7-11-15/h2-11,16,19H,12-13,18H2,1H3. The van der Waals surface area contributed by atoms with E-state index >= 15 is 0 Å². The fourth-order valence-electron chi connectivity index (χ4n) is 2.43. The molecule has 2 nitrogen and oxygen atoms in total. The van der Waals surface area contributed by atoms with Crippen molar-refractivity contribution in [2.75, 3.05) is 12.0 Å². The predicted molar refractivity (Wildman–Crippen MR) is 86.9 cm³/mol. The van der Waals surface area contributed by atoms with Crippen LogP contribution in [0.2, 0.25) is 0 Å². The SMILES string of the molecule is CSCCC(N)C(O)(c1ccccc1)c1ccccc1. The first-order valence-electron chi connectivity index (χ1n) is 6.77. The number of rotatable bonds is 6. The molecule has 0 heterocycles. The minimum absolute atomic E-state index is 0.334. The normalized spacial score (nSPS) is 13.2. The number of hydrogen-bond acceptors (Lipinski definition) is 3. The van der Waals surface area contributed by atoms with Gasteiger partial charge in [0.2, 0.25) is 0 Å². The molecule has 0 bridgehead atoms. The van der Waals surface area contributed by atoms with Gasteiger partial charge in [0.15, 0.2) is 0 Å². The van der Waals surface area contributed by atoms with Crippen molar-refractivity contribution in [2.24, 2.45) is 5.73 Å². The van der Waals surface area contributed by atoms with Crippen molar-refractivity contribution in [3.05, 3.63) is 71.8 Å². The quantitative estimate of drug-likeness (QED) is 0.858. The maximum absolute atomic E-state index is 11.3. The lowest BCUT2D eigenvalue weighted by Gasteiger charge is -2.35. The van der Waals surface area contributed by atoms with Gasteiger partial charge >= 0.3 is 0 Å². The average Bonchev–Trinajstić information content (AvgIpc) is 2.53. The number of benzene rings is 2. The molecule has 0 aliphatic carbocycles. The van der Waals surface area contributed by atoms with E-state index in [-0.39, 0.29) is 6.04 Å². The first kappa shape index (κ1) is 15.1. The van der Waals surface area contributed by atoms with Crippen molar-refractivity contribution in [2.45, 2.75) is 18.1 Å². The van der Waals surface area contributed by atoms with Gasteiger partial charge in [-0.2, -0.15) is 11.8 Å². The first-order valence-corrected chi connectivity index (χ1v) is 8.17. The summed E-state index contributed by atoms with van der Waals surface area (Å²) in [6, 6.07) is 19.0. The van der Waals surface area contributed by atoms with Crippen LogP contribution in [0.3, 0.4) is 0 Å². The molecule has 1 atom stereocenters. The molecule has 2 aromatic carbocycles. The van der Waals surface area contributed by atoms with E-state index in [9.17, 15) is 5.11 Å². The number of hydrogen-bond donors (Lipinski definition) is 2. The highest BCUT2D eigenvalue weighted by Crippen LogP contribution is 2.33. The van der Waals surface area contributed by atoms with Crippen LogP contribution in [0.4, 0.5) is 0 Å². The Balaban J connectivity index is 2.43. The highest BCUT2D eigenvalue weighted by molar-refractivity contribution is 7.98.